The van der Waals surface area contributed by atoms with Crippen molar-refractivity contribution < 1.29 is 27.7 Å². The number of rotatable bonds is 6. The van der Waals surface area contributed by atoms with Gasteiger partial charge in [-0.1, -0.05) is 18.2 Å². The lowest BCUT2D eigenvalue weighted by molar-refractivity contribution is -0.0499. The van der Waals surface area contributed by atoms with Crippen LogP contribution in [0.25, 0.3) is 0 Å². The fourth-order valence-corrected chi connectivity index (χ4v) is 4.27. The molecule has 2 heterocycles. The molecule has 0 saturated carbocycles. The molecule has 0 radical (unpaired) electrons. The van der Waals surface area contributed by atoms with E-state index >= 15 is 0 Å². The molecule has 0 fully saturated rings. The van der Waals surface area contributed by atoms with Gasteiger partial charge in [-0.25, -0.2) is 5.01 Å². The number of fused-ring (bicyclic) bond motifs is 3. The first-order valence-corrected chi connectivity index (χ1v) is 10.5. The Morgan fingerprint density at radius 1 is 0.970 bits per heavy atom. The minimum absolute atomic E-state index is 0.0428. The quantitative estimate of drug-likeness (QED) is 0.491. The summed E-state index contributed by atoms with van der Waals surface area (Å²) in [4.78, 5) is 0. The van der Waals surface area contributed by atoms with Crippen LogP contribution in [0.4, 0.5) is 8.78 Å². The first-order valence-electron chi connectivity index (χ1n) is 10.5. The minimum atomic E-state index is -2.87. The van der Waals surface area contributed by atoms with Crippen molar-refractivity contribution in [2.24, 2.45) is 5.10 Å². The van der Waals surface area contributed by atoms with Crippen LogP contribution in [-0.4, -0.2) is 31.6 Å². The highest BCUT2D eigenvalue weighted by Gasteiger charge is 2.41. The Labute approximate surface area is 189 Å². The normalized spacial score (nSPS) is 18.8. The lowest BCUT2D eigenvalue weighted by Crippen LogP contribution is -2.33. The first-order chi connectivity index (χ1) is 16.1. The van der Waals surface area contributed by atoms with Gasteiger partial charge in [0.1, 0.15) is 23.0 Å². The topological polar surface area (TPSA) is 52.5 Å². The van der Waals surface area contributed by atoms with Crippen LogP contribution in [0.3, 0.4) is 0 Å². The number of ether oxygens (including phenoxy) is 4. The second-order valence-corrected chi connectivity index (χ2v) is 7.67. The Morgan fingerprint density at radius 3 is 2.45 bits per heavy atom. The summed E-state index contributed by atoms with van der Waals surface area (Å²) in [5.41, 5.74) is 3.56. The number of alkyl halides is 2. The van der Waals surface area contributed by atoms with E-state index in [-0.39, 0.29) is 11.8 Å². The van der Waals surface area contributed by atoms with E-state index in [1.807, 2.05) is 47.5 Å². The molecule has 0 saturated heterocycles. The van der Waals surface area contributed by atoms with Crippen LogP contribution in [0, 0.1) is 0 Å². The zero-order valence-corrected chi connectivity index (χ0v) is 18.1. The average molecular weight is 452 g/mol. The highest BCUT2D eigenvalue weighted by atomic mass is 19.3. The Morgan fingerprint density at radius 2 is 1.73 bits per heavy atom. The van der Waals surface area contributed by atoms with Gasteiger partial charge in [-0.2, -0.15) is 13.9 Å². The van der Waals surface area contributed by atoms with Crippen LogP contribution in [0.2, 0.25) is 0 Å². The summed E-state index contributed by atoms with van der Waals surface area (Å²) in [6, 6.07) is 19.9. The maximum Gasteiger partial charge on any atom is 0.387 e. The molecule has 0 unspecified atom stereocenters. The van der Waals surface area contributed by atoms with Gasteiger partial charge in [-0.05, 0) is 42.5 Å². The van der Waals surface area contributed by atoms with E-state index < -0.39 is 12.8 Å². The van der Waals surface area contributed by atoms with E-state index in [1.54, 1.807) is 26.4 Å². The van der Waals surface area contributed by atoms with Gasteiger partial charge in [0, 0.05) is 29.2 Å². The van der Waals surface area contributed by atoms with Crippen LogP contribution in [0.1, 0.15) is 35.4 Å². The molecule has 2 atom stereocenters. The molecule has 2 aliphatic heterocycles. The molecule has 0 bridgehead atoms. The van der Waals surface area contributed by atoms with Gasteiger partial charge in [-0.3, -0.25) is 0 Å². The van der Waals surface area contributed by atoms with Crippen molar-refractivity contribution in [1.82, 2.24) is 5.01 Å². The fraction of sp³-hybridized carbons (Fsp3) is 0.240. The molecule has 0 spiro atoms. The molecule has 2 aliphatic rings. The van der Waals surface area contributed by atoms with Crippen LogP contribution >= 0.6 is 0 Å². The molecule has 3 aromatic carbocycles. The maximum absolute atomic E-state index is 12.5. The number of benzene rings is 3. The molecular formula is C25H22F2N2O4. The number of hydrogen-bond donors (Lipinski definition) is 0. The number of hydrazone groups is 1. The van der Waals surface area contributed by atoms with Crippen LogP contribution in [0.15, 0.2) is 71.8 Å². The summed E-state index contributed by atoms with van der Waals surface area (Å²) in [5.74, 6) is 2.24. The van der Waals surface area contributed by atoms with E-state index in [0.717, 1.165) is 28.2 Å². The summed E-state index contributed by atoms with van der Waals surface area (Å²) < 4.78 is 46.8. The van der Waals surface area contributed by atoms with E-state index in [2.05, 4.69) is 4.74 Å². The molecular weight excluding hydrogens is 430 g/mol. The second kappa shape index (κ2) is 8.61. The summed E-state index contributed by atoms with van der Waals surface area (Å²) in [5, 5.41) is 6.85. The Hall–Kier alpha value is -3.81. The number of para-hydroxylation sites is 1. The lowest BCUT2D eigenvalue weighted by atomic mass is 9.95. The van der Waals surface area contributed by atoms with Gasteiger partial charge in [0.05, 0.1) is 26.0 Å². The number of halogens is 2. The zero-order chi connectivity index (χ0) is 22.9. The molecule has 170 valence electrons. The zero-order valence-electron chi connectivity index (χ0n) is 18.1. The van der Waals surface area contributed by atoms with E-state index in [4.69, 9.17) is 19.3 Å². The Balaban J connectivity index is 1.53. The molecule has 3 aromatic rings. The molecule has 0 aliphatic carbocycles. The highest BCUT2D eigenvalue weighted by molar-refractivity contribution is 6.04. The lowest BCUT2D eigenvalue weighted by Gasteiger charge is -2.38. The fourth-order valence-electron chi connectivity index (χ4n) is 4.27. The average Bonchev–Trinajstić information content (AvgIpc) is 3.29. The van der Waals surface area contributed by atoms with Gasteiger partial charge in [0.15, 0.2) is 0 Å². The molecule has 6 nitrogen and oxygen atoms in total. The van der Waals surface area contributed by atoms with Crippen LogP contribution < -0.4 is 18.9 Å². The largest absolute Gasteiger partial charge is 0.497 e. The van der Waals surface area contributed by atoms with Gasteiger partial charge < -0.3 is 18.9 Å². The SMILES string of the molecule is COc1ccc(C2=NN3[C@@H](c4ccc(OC(F)F)cc4)Oc4ccccc4[C@@H]3C2)c(OC)c1. The Bertz CT molecular complexity index is 1180. The van der Waals surface area contributed by atoms with Gasteiger partial charge >= 0.3 is 6.61 Å². The third-order valence-electron chi connectivity index (χ3n) is 5.81. The van der Waals surface area contributed by atoms with Gasteiger partial charge in [0.2, 0.25) is 6.23 Å². The smallest absolute Gasteiger partial charge is 0.387 e. The van der Waals surface area contributed by atoms with Crippen molar-refractivity contribution in [3.8, 4) is 23.0 Å². The van der Waals surface area contributed by atoms with Gasteiger partial charge in [0.25, 0.3) is 0 Å². The van der Waals surface area contributed by atoms with E-state index in [1.165, 1.54) is 12.1 Å². The van der Waals surface area contributed by atoms with Crippen LogP contribution in [-0.2, 0) is 0 Å². The van der Waals surface area contributed by atoms with Crippen molar-refractivity contribution >= 4 is 5.71 Å². The maximum atomic E-state index is 12.5. The summed E-state index contributed by atoms with van der Waals surface area (Å²) in [7, 11) is 3.23. The molecule has 0 amide bonds. The molecule has 0 N–H and O–H groups in total. The van der Waals surface area contributed by atoms with Crippen molar-refractivity contribution in [3.63, 3.8) is 0 Å². The van der Waals surface area contributed by atoms with Crippen molar-refractivity contribution in [3.05, 3.63) is 83.4 Å². The highest BCUT2D eigenvalue weighted by Crippen LogP contribution is 2.48. The standard InChI is InChI=1S/C25H22F2N2O4/c1-30-17-11-12-18(23(13-17)31-2)20-14-21-19-5-3-4-6-22(19)33-24(29(21)28-20)15-7-9-16(10-8-15)32-25(26)27/h3-13,21,24-25H,14H2,1-2H3/t21-,24+/m0/s1. The summed E-state index contributed by atoms with van der Waals surface area (Å²) in [6.07, 6.45) is 0.138. The first kappa shape index (κ1) is 21.1. The predicted molar refractivity (Wildman–Crippen MR) is 118 cm³/mol. The number of nitrogens with zero attached hydrogens (tertiary/aromatic N) is 2. The third kappa shape index (κ3) is 3.92. The Kier molecular flexibility index (Phi) is 5.50. The molecule has 0 aromatic heterocycles. The third-order valence-corrected chi connectivity index (χ3v) is 5.81. The second-order valence-electron chi connectivity index (χ2n) is 7.67. The monoisotopic (exact) mass is 452 g/mol. The minimum Gasteiger partial charge on any atom is -0.497 e. The predicted octanol–water partition coefficient (Wildman–Crippen LogP) is 5.55. The van der Waals surface area contributed by atoms with Crippen molar-refractivity contribution in [1.29, 1.82) is 0 Å². The van der Waals surface area contributed by atoms with E-state index in [9.17, 15) is 8.78 Å². The molecule has 5 rings (SSSR count). The molecule has 33 heavy (non-hydrogen) atoms. The summed E-state index contributed by atoms with van der Waals surface area (Å²) >= 11 is 0. The summed E-state index contributed by atoms with van der Waals surface area (Å²) in [6.45, 7) is -2.87. The van der Waals surface area contributed by atoms with E-state index in [0.29, 0.717) is 17.9 Å². The van der Waals surface area contributed by atoms with Crippen molar-refractivity contribution in [2.45, 2.75) is 25.3 Å². The number of hydrogen-bond acceptors (Lipinski definition) is 6. The number of methoxy groups -OCH3 is 2. The van der Waals surface area contributed by atoms with Gasteiger partial charge in [-0.15, -0.1) is 0 Å². The van der Waals surface area contributed by atoms with Crippen molar-refractivity contribution in [2.75, 3.05) is 14.2 Å². The molecule has 8 heteroatoms. The van der Waals surface area contributed by atoms with Crippen LogP contribution in [0.5, 0.6) is 23.0 Å².